The molecule has 3 rings (SSSR count). The average molecular weight is 369 g/mol. The molecule has 0 aromatic heterocycles. The summed E-state index contributed by atoms with van der Waals surface area (Å²) >= 11 is 6.00. The highest BCUT2D eigenvalue weighted by Gasteiger charge is 2.32. The Kier molecular flexibility index (Phi) is 4.92. The van der Waals surface area contributed by atoms with Gasteiger partial charge in [0.25, 0.3) is 0 Å². The predicted octanol–water partition coefficient (Wildman–Crippen LogP) is 3.12. The van der Waals surface area contributed by atoms with Crippen molar-refractivity contribution >= 4 is 21.6 Å². The van der Waals surface area contributed by atoms with Crippen molar-refractivity contribution in [1.82, 2.24) is 9.62 Å². The molecule has 128 valence electrons. The summed E-state index contributed by atoms with van der Waals surface area (Å²) in [6, 6.07) is 11.9. The fourth-order valence-corrected chi connectivity index (χ4v) is 4.85. The quantitative estimate of drug-likeness (QED) is 0.905. The number of hydrogen-bond donors (Lipinski definition) is 1. The fraction of sp³-hybridized carbons (Fsp3) is 0.294. The van der Waals surface area contributed by atoms with Crippen molar-refractivity contribution < 1.29 is 12.8 Å². The number of halogens is 2. The van der Waals surface area contributed by atoms with Crippen LogP contribution in [-0.4, -0.2) is 32.4 Å². The van der Waals surface area contributed by atoms with Crippen LogP contribution in [0.3, 0.4) is 0 Å². The van der Waals surface area contributed by atoms with Crippen LogP contribution in [0.5, 0.6) is 0 Å². The number of nitrogens with one attached hydrogen (secondary N) is 1. The summed E-state index contributed by atoms with van der Waals surface area (Å²) in [5.41, 5.74) is 1.28. The van der Waals surface area contributed by atoms with Gasteiger partial charge in [0.1, 0.15) is 10.7 Å². The Balaban J connectivity index is 1.91. The third kappa shape index (κ3) is 3.32. The molecular weight excluding hydrogens is 351 g/mol. The second-order valence-corrected chi connectivity index (χ2v) is 8.13. The van der Waals surface area contributed by atoms with Crippen LogP contribution in [0.4, 0.5) is 4.39 Å². The second-order valence-electron chi connectivity index (χ2n) is 5.81. The first-order valence-electron chi connectivity index (χ1n) is 7.63. The maximum absolute atomic E-state index is 13.6. The molecular formula is C17H18ClFN2O2S. The Bertz CT molecular complexity index is 843. The SMILES string of the molecule is Cc1cc(S(=O)(=O)N2CCNC(c3ccccc3)C2)c(Cl)cc1F. The molecule has 7 heteroatoms. The molecule has 0 aliphatic carbocycles. The minimum Gasteiger partial charge on any atom is -0.308 e. The molecule has 0 bridgehead atoms. The Morgan fingerprint density at radius 1 is 1.25 bits per heavy atom. The van der Waals surface area contributed by atoms with Crippen LogP contribution in [0, 0.1) is 12.7 Å². The number of hydrogen-bond acceptors (Lipinski definition) is 3. The van der Waals surface area contributed by atoms with Crippen LogP contribution in [0.25, 0.3) is 0 Å². The van der Waals surface area contributed by atoms with Gasteiger partial charge in [-0.3, -0.25) is 0 Å². The van der Waals surface area contributed by atoms with Gasteiger partial charge in [-0.1, -0.05) is 41.9 Å². The molecule has 24 heavy (non-hydrogen) atoms. The standard InChI is InChI=1S/C17H18ClFN2O2S/c1-12-9-17(14(18)10-15(12)19)24(22,23)21-8-7-20-16(11-21)13-5-3-2-4-6-13/h2-6,9-10,16,20H,7-8,11H2,1H3. The van der Waals surface area contributed by atoms with Gasteiger partial charge in [-0.25, -0.2) is 12.8 Å². The molecule has 1 saturated heterocycles. The molecule has 0 saturated carbocycles. The summed E-state index contributed by atoms with van der Waals surface area (Å²) in [4.78, 5) is -0.0446. The number of sulfonamides is 1. The van der Waals surface area contributed by atoms with E-state index in [-0.39, 0.29) is 21.5 Å². The minimum absolute atomic E-state index is 0.0446. The first-order chi connectivity index (χ1) is 11.4. The summed E-state index contributed by atoms with van der Waals surface area (Å²) < 4.78 is 40.9. The molecule has 1 atom stereocenters. The third-order valence-electron chi connectivity index (χ3n) is 4.17. The first kappa shape index (κ1) is 17.4. The molecule has 1 fully saturated rings. The van der Waals surface area contributed by atoms with Crippen LogP contribution in [-0.2, 0) is 10.0 Å². The number of piperazine rings is 1. The number of benzene rings is 2. The summed E-state index contributed by atoms with van der Waals surface area (Å²) in [7, 11) is -3.78. The van der Waals surface area contributed by atoms with Gasteiger partial charge in [-0.05, 0) is 30.2 Å². The molecule has 0 radical (unpaired) electrons. The molecule has 0 amide bonds. The van der Waals surface area contributed by atoms with Crippen LogP contribution < -0.4 is 5.32 Å². The van der Waals surface area contributed by atoms with E-state index < -0.39 is 15.8 Å². The maximum Gasteiger partial charge on any atom is 0.244 e. The van der Waals surface area contributed by atoms with Crippen LogP contribution in [0.15, 0.2) is 47.4 Å². The van der Waals surface area contributed by atoms with Gasteiger partial charge in [0.15, 0.2) is 0 Å². The Hall–Kier alpha value is -1.47. The molecule has 1 aliphatic heterocycles. The monoisotopic (exact) mass is 368 g/mol. The molecule has 1 unspecified atom stereocenters. The van der Waals surface area contributed by atoms with Crippen molar-refractivity contribution in [3.8, 4) is 0 Å². The van der Waals surface area contributed by atoms with E-state index in [0.29, 0.717) is 19.6 Å². The van der Waals surface area contributed by atoms with Crippen molar-refractivity contribution in [2.45, 2.75) is 17.9 Å². The molecule has 2 aromatic carbocycles. The van der Waals surface area contributed by atoms with Gasteiger partial charge < -0.3 is 5.32 Å². The molecule has 1 aliphatic rings. The van der Waals surface area contributed by atoms with E-state index >= 15 is 0 Å². The summed E-state index contributed by atoms with van der Waals surface area (Å²) in [6.45, 7) is 2.71. The smallest absolute Gasteiger partial charge is 0.244 e. The van der Waals surface area contributed by atoms with Gasteiger partial charge in [-0.2, -0.15) is 4.31 Å². The topological polar surface area (TPSA) is 49.4 Å². The highest BCUT2D eigenvalue weighted by molar-refractivity contribution is 7.89. The minimum atomic E-state index is -3.78. The number of rotatable bonds is 3. The number of nitrogens with zero attached hydrogens (tertiary/aromatic N) is 1. The van der Waals surface area contributed by atoms with Crippen molar-refractivity contribution in [2.24, 2.45) is 0 Å². The largest absolute Gasteiger partial charge is 0.308 e. The zero-order valence-corrected chi connectivity index (χ0v) is 14.7. The summed E-state index contributed by atoms with van der Waals surface area (Å²) in [5.74, 6) is -0.513. The third-order valence-corrected chi connectivity index (χ3v) is 6.50. The normalized spacial score (nSPS) is 19.4. The van der Waals surface area contributed by atoms with Gasteiger partial charge in [0, 0.05) is 25.7 Å². The molecule has 1 heterocycles. The Labute approximate surface area is 146 Å². The molecule has 2 aromatic rings. The van der Waals surface area contributed by atoms with E-state index in [4.69, 9.17) is 11.6 Å². The van der Waals surface area contributed by atoms with Gasteiger partial charge in [-0.15, -0.1) is 0 Å². The fourth-order valence-electron chi connectivity index (χ4n) is 2.82. The Morgan fingerprint density at radius 2 is 1.96 bits per heavy atom. The van der Waals surface area contributed by atoms with E-state index in [1.54, 1.807) is 0 Å². The van der Waals surface area contributed by atoms with E-state index in [2.05, 4.69) is 5.32 Å². The molecule has 4 nitrogen and oxygen atoms in total. The van der Waals surface area contributed by atoms with Crippen molar-refractivity contribution in [3.05, 3.63) is 64.4 Å². The van der Waals surface area contributed by atoms with Crippen LogP contribution in [0.1, 0.15) is 17.2 Å². The van der Waals surface area contributed by atoms with E-state index in [1.165, 1.54) is 17.3 Å². The highest BCUT2D eigenvalue weighted by atomic mass is 35.5. The average Bonchev–Trinajstić information content (AvgIpc) is 2.59. The van der Waals surface area contributed by atoms with Crippen LogP contribution >= 0.6 is 11.6 Å². The lowest BCUT2D eigenvalue weighted by Crippen LogP contribution is -2.48. The van der Waals surface area contributed by atoms with E-state index in [1.807, 2.05) is 30.3 Å². The number of aryl methyl sites for hydroxylation is 1. The van der Waals surface area contributed by atoms with Crippen molar-refractivity contribution in [3.63, 3.8) is 0 Å². The molecule has 1 N–H and O–H groups in total. The predicted molar refractivity (Wildman–Crippen MR) is 92.1 cm³/mol. The lowest BCUT2D eigenvalue weighted by atomic mass is 10.1. The zero-order chi connectivity index (χ0) is 17.3. The van der Waals surface area contributed by atoms with E-state index in [0.717, 1.165) is 11.6 Å². The summed E-state index contributed by atoms with van der Waals surface area (Å²) in [5, 5.41) is 3.24. The van der Waals surface area contributed by atoms with Gasteiger partial charge in [0.05, 0.1) is 5.02 Å². The van der Waals surface area contributed by atoms with Crippen LogP contribution in [0.2, 0.25) is 5.02 Å². The van der Waals surface area contributed by atoms with E-state index in [9.17, 15) is 12.8 Å². The Morgan fingerprint density at radius 3 is 2.67 bits per heavy atom. The van der Waals surface area contributed by atoms with Gasteiger partial charge >= 0.3 is 0 Å². The zero-order valence-electron chi connectivity index (χ0n) is 13.2. The highest BCUT2D eigenvalue weighted by Crippen LogP contribution is 2.29. The van der Waals surface area contributed by atoms with Crippen molar-refractivity contribution in [1.29, 1.82) is 0 Å². The molecule has 0 spiro atoms. The van der Waals surface area contributed by atoms with Crippen molar-refractivity contribution in [2.75, 3.05) is 19.6 Å². The maximum atomic E-state index is 13.6. The lowest BCUT2D eigenvalue weighted by Gasteiger charge is -2.33. The lowest BCUT2D eigenvalue weighted by molar-refractivity contribution is 0.302. The van der Waals surface area contributed by atoms with Gasteiger partial charge in [0.2, 0.25) is 10.0 Å². The second kappa shape index (κ2) is 6.80. The first-order valence-corrected chi connectivity index (χ1v) is 9.45. The summed E-state index contributed by atoms with van der Waals surface area (Å²) in [6.07, 6.45) is 0.